The van der Waals surface area contributed by atoms with Gasteiger partial charge in [-0.15, -0.1) is 0 Å². The zero-order valence-electron chi connectivity index (χ0n) is 15.8. The second kappa shape index (κ2) is 15.0. The number of rotatable bonds is 11. The molecule has 1 heterocycles. The van der Waals surface area contributed by atoms with Crippen LogP contribution < -0.4 is 0 Å². The number of hydrogen-bond donors (Lipinski definition) is 0. The molecule has 2 nitrogen and oxygen atoms in total. The SMILES string of the molecule is CCCCCCCCCCCCc1ccccc1.Cn1ccnc1. The van der Waals surface area contributed by atoms with E-state index in [9.17, 15) is 0 Å². The molecule has 0 aliphatic rings. The van der Waals surface area contributed by atoms with Crippen LogP contribution in [-0.2, 0) is 13.5 Å². The number of hydrogen-bond acceptors (Lipinski definition) is 1. The molecule has 0 unspecified atom stereocenters. The van der Waals surface area contributed by atoms with Gasteiger partial charge in [0.1, 0.15) is 0 Å². The molecule has 0 bridgehead atoms. The van der Waals surface area contributed by atoms with Gasteiger partial charge in [0.2, 0.25) is 0 Å². The van der Waals surface area contributed by atoms with E-state index in [0.717, 1.165) is 0 Å². The van der Waals surface area contributed by atoms with Gasteiger partial charge < -0.3 is 4.57 Å². The second-order valence-corrected chi connectivity index (χ2v) is 6.65. The Kier molecular flexibility index (Phi) is 12.8. The highest BCUT2D eigenvalue weighted by Crippen LogP contribution is 2.12. The third-order valence-corrected chi connectivity index (χ3v) is 4.30. The van der Waals surface area contributed by atoms with Crippen molar-refractivity contribution in [2.75, 3.05) is 0 Å². The van der Waals surface area contributed by atoms with Gasteiger partial charge in [-0.3, -0.25) is 0 Å². The van der Waals surface area contributed by atoms with Crippen LogP contribution in [-0.4, -0.2) is 9.55 Å². The van der Waals surface area contributed by atoms with Gasteiger partial charge in [0.25, 0.3) is 0 Å². The van der Waals surface area contributed by atoms with Crippen LogP contribution in [0.5, 0.6) is 0 Å². The molecule has 24 heavy (non-hydrogen) atoms. The van der Waals surface area contributed by atoms with E-state index in [0.29, 0.717) is 0 Å². The lowest BCUT2D eigenvalue weighted by Gasteiger charge is -2.03. The monoisotopic (exact) mass is 328 g/mol. The average Bonchev–Trinajstić information content (AvgIpc) is 3.09. The Morgan fingerprint density at radius 1 is 0.792 bits per heavy atom. The van der Waals surface area contributed by atoms with E-state index >= 15 is 0 Å². The van der Waals surface area contributed by atoms with Crippen molar-refractivity contribution in [1.82, 2.24) is 9.55 Å². The number of imidazole rings is 1. The highest BCUT2D eigenvalue weighted by molar-refractivity contribution is 5.14. The van der Waals surface area contributed by atoms with E-state index in [2.05, 4.69) is 42.2 Å². The van der Waals surface area contributed by atoms with E-state index < -0.39 is 0 Å². The van der Waals surface area contributed by atoms with Gasteiger partial charge in [0.15, 0.2) is 0 Å². The van der Waals surface area contributed by atoms with E-state index in [1.807, 2.05) is 17.8 Å². The Hall–Kier alpha value is -1.57. The highest BCUT2D eigenvalue weighted by atomic mass is 15.0. The Morgan fingerprint density at radius 2 is 1.38 bits per heavy atom. The minimum absolute atomic E-state index is 1.26. The molecule has 0 saturated carbocycles. The quantitative estimate of drug-likeness (QED) is 0.426. The minimum Gasteiger partial charge on any atom is -0.341 e. The van der Waals surface area contributed by atoms with Crippen molar-refractivity contribution in [2.24, 2.45) is 7.05 Å². The number of aromatic nitrogens is 2. The first-order valence-electron chi connectivity index (χ1n) is 9.78. The molecule has 1 aromatic carbocycles. The molecule has 2 heteroatoms. The molecule has 0 aliphatic heterocycles. The number of nitrogens with zero attached hydrogens (tertiary/aromatic N) is 2. The van der Waals surface area contributed by atoms with Crippen molar-refractivity contribution in [1.29, 1.82) is 0 Å². The second-order valence-electron chi connectivity index (χ2n) is 6.65. The summed E-state index contributed by atoms with van der Waals surface area (Å²) in [5, 5.41) is 0. The molecule has 0 amide bonds. The van der Waals surface area contributed by atoms with Gasteiger partial charge in [0.05, 0.1) is 6.33 Å². The van der Waals surface area contributed by atoms with Crippen molar-refractivity contribution in [3.63, 3.8) is 0 Å². The normalized spacial score (nSPS) is 10.2. The van der Waals surface area contributed by atoms with Crippen molar-refractivity contribution >= 4 is 0 Å². The molecule has 2 rings (SSSR count). The molecule has 0 atom stereocenters. The fraction of sp³-hybridized carbons (Fsp3) is 0.591. The van der Waals surface area contributed by atoms with Crippen molar-refractivity contribution in [3.05, 3.63) is 54.6 Å². The maximum absolute atomic E-state index is 3.78. The predicted octanol–water partition coefficient (Wildman–Crippen LogP) is 6.57. The largest absolute Gasteiger partial charge is 0.341 e. The zero-order valence-corrected chi connectivity index (χ0v) is 15.8. The topological polar surface area (TPSA) is 17.8 Å². The Morgan fingerprint density at radius 3 is 1.83 bits per heavy atom. The van der Waals surface area contributed by atoms with E-state index in [1.165, 1.54) is 76.2 Å². The number of unbranched alkanes of at least 4 members (excludes halogenated alkanes) is 9. The van der Waals surface area contributed by atoms with Crippen molar-refractivity contribution < 1.29 is 0 Å². The Labute approximate surface area is 149 Å². The van der Waals surface area contributed by atoms with Crippen LogP contribution in [0, 0.1) is 0 Å². The van der Waals surface area contributed by atoms with Crippen LogP contribution in [0.1, 0.15) is 76.7 Å². The first kappa shape index (κ1) is 20.5. The summed E-state index contributed by atoms with van der Waals surface area (Å²) in [6, 6.07) is 10.9. The molecule has 1 aromatic heterocycles. The standard InChI is InChI=1S/C18H30.C4H6N2/c1-2-3-4-5-6-7-8-9-10-12-15-18-16-13-11-14-17-18;1-6-3-2-5-4-6/h11,13-14,16-17H,2-10,12,15H2,1H3;2-4H,1H3. The maximum atomic E-state index is 3.78. The minimum atomic E-state index is 1.26. The van der Waals surface area contributed by atoms with Crippen molar-refractivity contribution in [3.8, 4) is 0 Å². The lowest BCUT2D eigenvalue weighted by Crippen LogP contribution is -1.86. The van der Waals surface area contributed by atoms with Gasteiger partial charge >= 0.3 is 0 Å². The molecule has 0 spiro atoms. The molecule has 0 radical (unpaired) electrons. The average molecular weight is 329 g/mol. The first-order valence-corrected chi connectivity index (χ1v) is 9.78. The zero-order chi connectivity index (χ0) is 17.3. The highest BCUT2D eigenvalue weighted by Gasteiger charge is 1.94. The smallest absolute Gasteiger partial charge is 0.0943 e. The van der Waals surface area contributed by atoms with E-state index in [4.69, 9.17) is 0 Å². The van der Waals surface area contributed by atoms with Crippen LogP contribution in [0.15, 0.2) is 49.1 Å². The van der Waals surface area contributed by atoms with Crippen LogP contribution in [0.4, 0.5) is 0 Å². The predicted molar refractivity (Wildman–Crippen MR) is 105 cm³/mol. The summed E-state index contributed by atoms with van der Waals surface area (Å²) in [7, 11) is 1.94. The molecular weight excluding hydrogens is 292 g/mol. The molecule has 0 fully saturated rings. The molecule has 0 saturated heterocycles. The summed E-state index contributed by atoms with van der Waals surface area (Å²) in [6.45, 7) is 2.28. The third-order valence-electron chi connectivity index (χ3n) is 4.30. The van der Waals surface area contributed by atoms with Crippen molar-refractivity contribution in [2.45, 2.75) is 77.6 Å². The van der Waals surface area contributed by atoms with Crippen LogP contribution in [0.2, 0.25) is 0 Å². The number of benzene rings is 1. The summed E-state index contributed by atoms with van der Waals surface area (Å²) < 4.78 is 1.89. The van der Waals surface area contributed by atoms with Crippen LogP contribution in [0.25, 0.3) is 0 Å². The van der Waals surface area contributed by atoms with Crippen LogP contribution in [0.3, 0.4) is 0 Å². The van der Waals surface area contributed by atoms with E-state index in [1.54, 1.807) is 12.5 Å². The lowest BCUT2D eigenvalue weighted by molar-refractivity contribution is 0.556. The molecule has 134 valence electrons. The summed E-state index contributed by atoms with van der Waals surface area (Å²) in [4.78, 5) is 3.78. The molecule has 0 N–H and O–H groups in total. The first-order chi connectivity index (χ1) is 11.8. The molecule has 2 aromatic rings. The fourth-order valence-corrected chi connectivity index (χ4v) is 2.79. The molecule has 0 aliphatic carbocycles. The number of aryl methyl sites for hydroxylation is 2. The molecular formula is C22H36N2. The maximum Gasteiger partial charge on any atom is 0.0943 e. The Bertz CT molecular complexity index is 462. The van der Waals surface area contributed by atoms with Gasteiger partial charge in [-0.2, -0.15) is 0 Å². The summed E-state index contributed by atoms with van der Waals surface area (Å²) in [5.74, 6) is 0. The van der Waals surface area contributed by atoms with Gasteiger partial charge in [-0.1, -0.05) is 95.0 Å². The summed E-state index contributed by atoms with van der Waals surface area (Å²) >= 11 is 0. The third kappa shape index (κ3) is 11.9. The van der Waals surface area contributed by atoms with Gasteiger partial charge in [0, 0.05) is 19.4 Å². The summed E-state index contributed by atoms with van der Waals surface area (Å²) in [6.07, 6.45) is 20.9. The lowest BCUT2D eigenvalue weighted by atomic mass is 10.0. The van der Waals surface area contributed by atoms with Crippen LogP contribution >= 0.6 is 0 Å². The fourth-order valence-electron chi connectivity index (χ4n) is 2.79. The van der Waals surface area contributed by atoms with Gasteiger partial charge in [-0.25, -0.2) is 4.98 Å². The van der Waals surface area contributed by atoms with Gasteiger partial charge in [-0.05, 0) is 18.4 Å². The Balaban J connectivity index is 0.000000400. The summed E-state index contributed by atoms with van der Waals surface area (Å²) in [5.41, 5.74) is 1.50. The van der Waals surface area contributed by atoms with E-state index in [-0.39, 0.29) is 0 Å².